The normalized spacial score (nSPS) is 9.92. The van der Waals surface area contributed by atoms with Gasteiger partial charge in [0.25, 0.3) is 0 Å². The molecular weight excluding hydrogens is 212 g/mol. The number of aromatic carboxylic acids is 1. The van der Waals surface area contributed by atoms with Crippen molar-refractivity contribution in [3.05, 3.63) is 17.7 Å². The van der Waals surface area contributed by atoms with Gasteiger partial charge in [-0.25, -0.2) is 4.79 Å². The van der Waals surface area contributed by atoms with Crippen LogP contribution in [-0.4, -0.2) is 11.1 Å². The van der Waals surface area contributed by atoms with Gasteiger partial charge in [0, 0.05) is 14.7 Å². The van der Waals surface area contributed by atoms with Crippen molar-refractivity contribution in [3.63, 3.8) is 0 Å². The van der Waals surface area contributed by atoms with Crippen LogP contribution in [0.1, 0.15) is 10.4 Å². The number of carboxylic acids is 1. The fourth-order valence-corrected chi connectivity index (χ4v) is 1.61. The quantitative estimate of drug-likeness (QED) is 0.546. The van der Waals surface area contributed by atoms with Crippen molar-refractivity contribution in [2.45, 2.75) is 14.7 Å². The number of hydrogen-bond acceptors (Lipinski definition) is 4. The highest BCUT2D eigenvalue weighted by atomic mass is 32.1. The maximum atomic E-state index is 10.6. The predicted molar refractivity (Wildman–Crippen MR) is 55.2 cm³/mol. The van der Waals surface area contributed by atoms with Crippen molar-refractivity contribution in [1.29, 1.82) is 0 Å². The molecule has 0 aliphatic rings. The number of carboxylic acid groups (broad SMARTS) is 1. The van der Waals surface area contributed by atoms with Gasteiger partial charge in [-0.1, -0.05) is 0 Å². The molecule has 12 heavy (non-hydrogen) atoms. The van der Waals surface area contributed by atoms with Crippen LogP contribution in [0, 0.1) is 0 Å². The standard InChI is InChI=1S/C7H6O2S3/c8-7(9)4-1-3(10)2-5(11)6(4)12/h1-2,10-12H,(H,8,9). The zero-order chi connectivity index (χ0) is 9.30. The molecule has 0 aliphatic carbocycles. The first-order valence-corrected chi connectivity index (χ1v) is 4.34. The monoisotopic (exact) mass is 218 g/mol. The third kappa shape index (κ3) is 1.91. The first kappa shape index (κ1) is 9.83. The highest BCUT2D eigenvalue weighted by Gasteiger charge is 2.10. The second kappa shape index (κ2) is 3.64. The summed E-state index contributed by atoms with van der Waals surface area (Å²) in [6.07, 6.45) is 0. The van der Waals surface area contributed by atoms with Crippen molar-refractivity contribution < 1.29 is 9.90 Å². The van der Waals surface area contributed by atoms with Crippen LogP contribution in [0.3, 0.4) is 0 Å². The minimum absolute atomic E-state index is 0.121. The second-order valence-corrected chi connectivity index (χ2v) is 3.61. The lowest BCUT2D eigenvalue weighted by Gasteiger charge is -2.03. The molecular formula is C7H6O2S3. The van der Waals surface area contributed by atoms with E-state index in [2.05, 4.69) is 37.9 Å². The van der Waals surface area contributed by atoms with Crippen molar-refractivity contribution in [1.82, 2.24) is 0 Å². The zero-order valence-electron chi connectivity index (χ0n) is 5.85. The number of hydrogen-bond donors (Lipinski definition) is 4. The molecule has 0 atom stereocenters. The largest absolute Gasteiger partial charge is 0.478 e. The molecule has 0 unspecified atom stereocenters. The summed E-state index contributed by atoms with van der Waals surface area (Å²) in [7, 11) is 0. The minimum Gasteiger partial charge on any atom is -0.478 e. The molecule has 0 fully saturated rings. The smallest absolute Gasteiger partial charge is 0.336 e. The van der Waals surface area contributed by atoms with Gasteiger partial charge in [-0.05, 0) is 12.1 Å². The van der Waals surface area contributed by atoms with Crippen LogP contribution in [0.4, 0.5) is 0 Å². The number of thiol groups is 3. The SMILES string of the molecule is O=C(O)c1cc(S)cc(S)c1S. The van der Waals surface area contributed by atoms with Crippen LogP contribution in [0.25, 0.3) is 0 Å². The van der Waals surface area contributed by atoms with Crippen molar-refractivity contribution >= 4 is 43.9 Å². The van der Waals surface area contributed by atoms with Gasteiger partial charge in [-0.2, -0.15) is 0 Å². The Morgan fingerprint density at radius 3 is 2.33 bits per heavy atom. The fraction of sp³-hybridized carbons (Fsp3) is 0. The summed E-state index contributed by atoms with van der Waals surface area (Å²) < 4.78 is 0. The van der Waals surface area contributed by atoms with Gasteiger partial charge >= 0.3 is 5.97 Å². The summed E-state index contributed by atoms with van der Waals surface area (Å²) in [5.74, 6) is -1.02. The van der Waals surface area contributed by atoms with E-state index in [-0.39, 0.29) is 5.56 Å². The topological polar surface area (TPSA) is 37.3 Å². The average Bonchev–Trinajstić information content (AvgIpc) is 1.96. The third-order valence-electron chi connectivity index (χ3n) is 1.30. The molecule has 1 N–H and O–H groups in total. The van der Waals surface area contributed by atoms with Gasteiger partial charge in [-0.3, -0.25) is 0 Å². The second-order valence-electron chi connectivity index (χ2n) is 2.17. The number of carbonyl (C=O) groups is 1. The lowest BCUT2D eigenvalue weighted by atomic mass is 10.2. The highest BCUT2D eigenvalue weighted by molar-refractivity contribution is 7.83. The van der Waals surface area contributed by atoms with Crippen LogP contribution >= 0.6 is 37.9 Å². The first-order chi connectivity index (χ1) is 5.52. The molecule has 1 aromatic rings. The highest BCUT2D eigenvalue weighted by Crippen LogP contribution is 2.25. The molecule has 5 heteroatoms. The Hall–Kier alpha value is -0.260. The summed E-state index contributed by atoms with van der Waals surface area (Å²) in [4.78, 5) is 12.1. The van der Waals surface area contributed by atoms with Gasteiger partial charge in [0.05, 0.1) is 5.56 Å². The van der Waals surface area contributed by atoms with E-state index in [9.17, 15) is 4.79 Å². The van der Waals surface area contributed by atoms with Gasteiger partial charge in [0.2, 0.25) is 0 Å². The van der Waals surface area contributed by atoms with E-state index in [1.807, 2.05) is 0 Å². The Bertz CT molecular complexity index is 336. The summed E-state index contributed by atoms with van der Waals surface area (Å²) in [6.45, 7) is 0. The molecule has 0 aliphatic heterocycles. The summed E-state index contributed by atoms with van der Waals surface area (Å²) in [6, 6.07) is 3.08. The van der Waals surface area contributed by atoms with Gasteiger partial charge < -0.3 is 5.11 Å². The zero-order valence-corrected chi connectivity index (χ0v) is 8.54. The van der Waals surface area contributed by atoms with E-state index in [0.29, 0.717) is 14.7 Å². The minimum atomic E-state index is -1.02. The van der Waals surface area contributed by atoms with Gasteiger partial charge in [-0.15, -0.1) is 37.9 Å². The molecule has 2 nitrogen and oxygen atoms in total. The van der Waals surface area contributed by atoms with Crippen LogP contribution in [0.2, 0.25) is 0 Å². The molecule has 0 bridgehead atoms. The third-order valence-corrected chi connectivity index (χ3v) is 2.57. The van der Waals surface area contributed by atoms with E-state index in [4.69, 9.17) is 5.11 Å². The van der Waals surface area contributed by atoms with E-state index in [1.165, 1.54) is 6.07 Å². The molecule has 0 aromatic heterocycles. The molecule has 0 spiro atoms. The molecule has 0 amide bonds. The lowest BCUT2D eigenvalue weighted by molar-refractivity contribution is 0.0692. The van der Waals surface area contributed by atoms with E-state index in [1.54, 1.807) is 6.07 Å². The molecule has 0 heterocycles. The molecule has 0 saturated heterocycles. The number of benzene rings is 1. The van der Waals surface area contributed by atoms with Gasteiger partial charge in [0.15, 0.2) is 0 Å². The summed E-state index contributed by atoms with van der Waals surface area (Å²) >= 11 is 12.1. The molecule has 1 rings (SSSR count). The summed E-state index contributed by atoms with van der Waals surface area (Å²) in [5.41, 5.74) is 0.121. The van der Waals surface area contributed by atoms with Crippen molar-refractivity contribution in [2.24, 2.45) is 0 Å². The maximum Gasteiger partial charge on any atom is 0.336 e. The molecule has 0 radical (unpaired) electrons. The van der Waals surface area contributed by atoms with Crippen molar-refractivity contribution in [3.8, 4) is 0 Å². The molecule has 64 valence electrons. The van der Waals surface area contributed by atoms with Gasteiger partial charge in [0.1, 0.15) is 0 Å². The lowest BCUT2D eigenvalue weighted by Crippen LogP contribution is -1.98. The fourth-order valence-electron chi connectivity index (χ4n) is 0.767. The Labute approximate surface area is 86.2 Å². The Morgan fingerprint density at radius 1 is 1.25 bits per heavy atom. The van der Waals surface area contributed by atoms with E-state index >= 15 is 0 Å². The predicted octanol–water partition coefficient (Wildman–Crippen LogP) is 2.25. The van der Waals surface area contributed by atoms with E-state index in [0.717, 1.165) is 0 Å². The van der Waals surface area contributed by atoms with Crippen LogP contribution in [0.5, 0.6) is 0 Å². The van der Waals surface area contributed by atoms with E-state index < -0.39 is 5.97 Å². The average molecular weight is 218 g/mol. The Morgan fingerprint density at radius 2 is 1.83 bits per heavy atom. The first-order valence-electron chi connectivity index (χ1n) is 3.00. The Kier molecular flexibility index (Phi) is 2.98. The van der Waals surface area contributed by atoms with Crippen LogP contribution < -0.4 is 0 Å². The Balaban J connectivity index is 3.37. The van der Waals surface area contributed by atoms with Crippen molar-refractivity contribution in [2.75, 3.05) is 0 Å². The molecule has 0 saturated carbocycles. The van der Waals surface area contributed by atoms with Crippen LogP contribution in [-0.2, 0) is 0 Å². The maximum absolute atomic E-state index is 10.6. The number of rotatable bonds is 1. The summed E-state index contributed by atoms with van der Waals surface area (Å²) in [5, 5.41) is 8.70. The molecule has 1 aromatic carbocycles. The van der Waals surface area contributed by atoms with Crippen LogP contribution in [0.15, 0.2) is 26.8 Å².